The minimum absolute atomic E-state index is 0.169. The molecule has 0 saturated heterocycles. The van der Waals surface area contributed by atoms with Crippen LogP contribution in [0.15, 0.2) is 34.6 Å². The second kappa shape index (κ2) is 9.12. The van der Waals surface area contributed by atoms with Gasteiger partial charge in [0.2, 0.25) is 11.1 Å². The number of hydrogen-bond donors (Lipinski definition) is 1. The normalized spacial score (nSPS) is 18.0. The number of nitrogens with one attached hydrogen (secondary N) is 1. The smallest absolute Gasteiger partial charge is 0.227 e. The van der Waals surface area contributed by atoms with Crippen molar-refractivity contribution in [2.24, 2.45) is 0 Å². The Kier molecular flexibility index (Phi) is 6.32. The van der Waals surface area contributed by atoms with Crippen molar-refractivity contribution in [2.45, 2.75) is 57.1 Å². The first kappa shape index (κ1) is 20.8. The number of carbonyl (C=O) groups excluding carboxylic acids is 1. The molecule has 2 aromatic rings. The SMILES string of the molecule is CCCOc1ccc(C2C3=C(CCCC3=O)Nc3nc(SCCC)nn32)cc1OC. The number of hydrogen-bond acceptors (Lipinski definition) is 7. The molecule has 1 atom stereocenters. The first-order valence-electron chi connectivity index (χ1n) is 10.6. The van der Waals surface area contributed by atoms with Crippen LogP contribution in [0.5, 0.6) is 11.5 Å². The van der Waals surface area contributed by atoms with Gasteiger partial charge in [0.25, 0.3) is 0 Å². The number of rotatable bonds is 8. The summed E-state index contributed by atoms with van der Waals surface area (Å²) in [6.07, 6.45) is 4.24. The molecule has 1 aliphatic heterocycles. The van der Waals surface area contributed by atoms with E-state index in [1.165, 1.54) is 0 Å². The van der Waals surface area contributed by atoms with E-state index in [-0.39, 0.29) is 11.8 Å². The third kappa shape index (κ3) is 3.93. The molecule has 1 aromatic carbocycles. The van der Waals surface area contributed by atoms with E-state index < -0.39 is 0 Å². The number of anilines is 1. The lowest BCUT2D eigenvalue weighted by Gasteiger charge is -2.32. The molecule has 0 radical (unpaired) electrons. The maximum absolute atomic E-state index is 12.9. The van der Waals surface area contributed by atoms with Crippen LogP contribution >= 0.6 is 11.8 Å². The molecule has 0 spiro atoms. The van der Waals surface area contributed by atoms with Crippen LogP contribution in [-0.4, -0.2) is 40.0 Å². The van der Waals surface area contributed by atoms with E-state index in [1.54, 1.807) is 18.9 Å². The van der Waals surface area contributed by atoms with Crippen molar-refractivity contribution in [3.8, 4) is 11.5 Å². The topological polar surface area (TPSA) is 78.3 Å². The number of nitrogens with zero attached hydrogens (tertiary/aromatic N) is 3. The highest BCUT2D eigenvalue weighted by molar-refractivity contribution is 7.99. The third-order valence-corrected chi connectivity index (χ3v) is 6.29. The van der Waals surface area contributed by atoms with E-state index in [1.807, 2.05) is 22.9 Å². The Balaban J connectivity index is 1.78. The minimum Gasteiger partial charge on any atom is -0.493 e. The third-order valence-electron chi connectivity index (χ3n) is 5.25. The molecule has 160 valence electrons. The molecule has 1 aromatic heterocycles. The molecule has 0 saturated carbocycles. The summed E-state index contributed by atoms with van der Waals surface area (Å²) in [6.45, 7) is 4.83. The molecule has 1 unspecified atom stereocenters. The molecule has 8 heteroatoms. The van der Waals surface area contributed by atoms with Crippen molar-refractivity contribution >= 4 is 23.5 Å². The molecule has 30 heavy (non-hydrogen) atoms. The summed E-state index contributed by atoms with van der Waals surface area (Å²) in [6, 6.07) is 5.56. The lowest BCUT2D eigenvalue weighted by atomic mass is 9.85. The number of thioether (sulfide) groups is 1. The maximum atomic E-state index is 12.9. The van der Waals surface area contributed by atoms with Gasteiger partial charge in [0.05, 0.1) is 13.7 Å². The van der Waals surface area contributed by atoms with E-state index >= 15 is 0 Å². The number of aromatic nitrogens is 3. The zero-order chi connectivity index (χ0) is 21.1. The molecule has 2 heterocycles. The number of allylic oxidation sites excluding steroid dienone is 2. The molecule has 7 nitrogen and oxygen atoms in total. The second-order valence-corrected chi connectivity index (χ2v) is 8.53. The average Bonchev–Trinajstić information content (AvgIpc) is 3.17. The predicted octanol–water partition coefficient (Wildman–Crippen LogP) is 4.60. The van der Waals surface area contributed by atoms with Crippen molar-refractivity contribution in [2.75, 3.05) is 24.8 Å². The highest BCUT2D eigenvalue weighted by Gasteiger charge is 2.37. The predicted molar refractivity (Wildman–Crippen MR) is 117 cm³/mol. The van der Waals surface area contributed by atoms with Crippen LogP contribution in [0.1, 0.15) is 57.6 Å². The summed E-state index contributed by atoms with van der Waals surface area (Å²) < 4.78 is 13.3. The highest BCUT2D eigenvalue weighted by Crippen LogP contribution is 2.42. The molecule has 1 N–H and O–H groups in total. The Morgan fingerprint density at radius 2 is 2.10 bits per heavy atom. The van der Waals surface area contributed by atoms with Crippen molar-refractivity contribution in [1.82, 2.24) is 14.8 Å². The summed E-state index contributed by atoms with van der Waals surface area (Å²) in [5.41, 5.74) is 2.70. The van der Waals surface area contributed by atoms with Gasteiger partial charge < -0.3 is 14.8 Å². The van der Waals surface area contributed by atoms with Gasteiger partial charge in [-0.3, -0.25) is 4.79 Å². The zero-order valence-electron chi connectivity index (χ0n) is 17.7. The molecule has 0 bridgehead atoms. The number of fused-ring (bicyclic) bond motifs is 1. The Hall–Kier alpha value is -2.48. The minimum atomic E-state index is -0.318. The van der Waals surface area contributed by atoms with Gasteiger partial charge in [-0.25, -0.2) is 4.68 Å². The zero-order valence-corrected chi connectivity index (χ0v) is 18.6. The van der Waals surface area contributed by atoms with Gasteiger partial charge >= 0.3 is 0 Å². The highest BCUT2D eigenvalue weighted by atomic mass is 32.2. The van der Waals surface area contributed by atoms with E-state index in [0.29, 0.717) is 30.5 Å². The maximum Gasteiger partial charge on any atom is 0.227 e. The van der Waals surface area contributed by atoms with Crippen LogP contribution < -0.4 is 14.8 Å². The fraction of sp³-hybridized carbons (Fsp3) is 0.500. The largest absolute Gasteiger partial charge is 0.493 e. The van der Waals surface area contributed by atoms with Gasteiger partial charge in [-0.1, -0.05) is 31.7 Å². The summed E-state index contributed by atoms with van der Waals surface area (Å²) in [5.74, 6) is 3.18. The Bertz CT molecular complexity index is 969. The van der Waals surface area contributed by atoms with Crippen LogP contribution in [0, 0.1) is 0 Å². The monoisotopic (exact) mass is 428 g/mol. The van der Waals surface area contributed by atoms with Gasteiger partial charge in [0, 0.05) is 23.4 Å². The number of methoxy groups -OCH3 is 1. The van der Waals surface area contributed by atoms with E-state index in [4.69, 9.17) is 14.6 Å². The fourth-order valence-electron chi connectivity index (χ4n) is 3.88. The van der Waals surface area contributed by atoms with Crippen LogP contribution in [0.4, 0.5) is 5.95 Å². The molecule has 2 aliphatic rings. The van der Waals surface area contributed by atoms with Gasteiger partial charge in [-0.05, 0) is 43.4 Å². The van der Waals surface area contributed by atoms with Gasteiger partial charge in [0.1, 0.15) is 6.04 Å². The molecule has 0 fully saturated rings. The Morgan fingerprint density at radius 1 is 1.23 bits per heavy atom. The molecular weight excluding hydrogens is 400 g/mol. The quantitative estimate of drug-likeness (QED) is 0.616. The van der Waals surface area contributed by atoms with E-state index in [9.17, 15) is 4.79 Å². The summed E-state index contributed by atoms with van der Waals surface area (Å²) in [5, 5.41) is 8.85. The Morgan fingerprint density at radius 3 is 2.87 bits per heavy atom. The summed E-state index contributed by atoms with van der Waals surface area (Å²) in [4.78, 5) is 17.6. The second-order valence-electron chi connectivity index (χ2n) is 7.47. The molecular formula is C22H28N4O3S. The van der Waals surface area contributed by atoms with Gasteiger partial charge in [-0.2, -0.15) is 4.98 Å². The number of carbonyl (C=O) groups is 1. The van der Waals surface area contributed by atoms with Crippen molar-refractivity contribution < 1.29 is 14.3 Å². The van der Waals surface area contributed by atoms with E-state index in [2.05, 4.69) is 24.1 Å². The lowest BCUT2D eigenvalue weighted by molar-refractivity contribution is -0.116. The van der Waals surface area contributed by atoms with Crippen LogP contribution in [0.2, 0.25) is 0 Å². The van der Waals surface area contributed by atoms with Gasteiger partial charge in [0.15, 0.2) is 17.3 Å². The fourth-order valence-corrected chi connectivity index (χ4v) is 4.57. The average molecular weight is 429 g/mol. The molecule has 4 rings (SSSR count). The summed E-state index contributed by atoms with van der Waals surface area (Å²) >= 11 is 1.63. The number of benzene rings is 1. The first-order valence-corrected chi connectivity index (χ1v) is 11.6. The molecule has 0 amide bonds. The lowest BCUT2D eigenvalue weighted by Crippen LogP contribution is -2.31. The number of ether oxygens (including phenoxy) is 2. The van der Waals surface area contributed by atoms with Crippen LogP contribution in [-0.2, 0) is 4.79 Å². The Labute approximate surface area is 181 Å². The van der Waals surface area contributed by atoms with Crippen molar-refractivity contribution in [1.29, 1.82) is 0 Å². The van der Waals surface area contributed by atoms with Crippen molar-refractivity contribution in [3.63, 3.8) is 0 Å². The molecule has 1 aliphatic carbocycles. The van der Waals surface area contributed by atoms with Crippen molar-refractivity contribution in [3.05, 3.63) is 35.0 Å². The number of Topliss-reactive ketones (excluding diaryl/α,β-unsaturated/α-hetero) is 1. The van der Waals surface area contributed by atoms with E-state index in [0.717, 1.165) is 53.4 Å². The van der Waals surface area contributed by atoms with Crippen LogP contribution in [0.25, 0.3) is 0 Å². The van der Waals surface area contributed by atoms with Gasteiger partial charge in [-0.15, -0.1) is 5.10 Å². The first-order chi connectivity index (χ1) is 14.7. The standard InChI is InChI=1S/C22H28N4O3S/c1-4-11-29-17-10-9-14(13-18(17)28-3)20-19-15(7-6-8-16(19)27)23-21-24-22(25-26(20)21)30-12-5-2/h9-10,13,20H,4-8,11-12H2,1-3H3,(H,23,24,25). The summed E-state index contributed by atoms with van der Waals surface area (Å²) in [7, 11) is 1.64. The van der Waals surface area contributed by atoms with Crippen LogP contribution in [0.3, 0.4) is 0 Å². The number of ketones is 1.